The normalized spacial score (nSPS) is 10.1. The minimum atomic E-state index is 0.250. The smallest absolute Gasteiger partial charge is 0.204 e. The molecule has 3 heterocycles. The number of fused-ring (bicyclic) bond motifs is 1. The van der Waals surface area contributed by atoms with E-state index in [-0.39, 0.29) is 6.41 Å². The molecule has 146 valence electrons. The molecule has 0 aliphatic rings. The van der Waals surface area contributed by atoms with Crippen molar-refractivity contribution in [2.45, 2.75) is 12.8 Å². The highest BCUT2D eigenvalue weighted by Gasteiger charge is 2.09. The van der Waals surface area contributed by atoms with Crippen molar-refractivity contribution in [1.29, 1.82) is 0 Å². The molecule has 0 spiro atoms. The number of nitrogens with two attached hydrogens (primary N) is 1. The van der Waals surface area contributed by atoms with Crippen LogP contribution in [0, 0.1) is 0 Å². The lowest BCUT2D eigenvalue weighted by Crippen LogP contribution is -2.07. The summed E-state index contributed by atoms with van der Waals surface area (Å²) < 4.78 is 0. The monoisotopic (exact) mass is 386 g/mol. The number of hydrogen-bond acceptors (Lipinski definition) is 6. The zero-order valence-corrected chi connectivity index (χ0v) is 15.9. The number of nitrogens with zero attached hydrogens (tertiary/aromatic N) is 4. The van der Waals surface area contributed by atoms with Gasteiger partial charge in [0.25, 0.3) is 0 Å². The number of aryl methyl sites for hydroxylation is 1. The molecule has 29 heavy (non-hydrogen) atoms. The number of nitrogens with one attached hydrogen (secondary N) is 1. The molecule has 0 atom stereocenters. The standard InChI is InChI=1S/C21H19N5.CH3NO/c1-2-5-16(6-3-1)7-4-11-24-21-18-10-14-23-15-19(18)25-20(26-21)17-8-12-22-13-9-17;2-1-3/h1-3,5-6,8-10,12-15H,4,7,11H2,(H,24,25,26);1H,(H2,2,3). The van der Waals surface area contributed by atoms with E-state index >= 15 is 0 Å². The summed E-state index contributed by atoms with van der Waals surface area (Å²) in [7, 11) is 0. The average Bonchev–Trinajstić information content (AvgIpc) is 2.78. The third kappa shape index (κ3) is 5.55. The highest BCUT2D eigenvalue weighted by Crippen LogP contribution is 2.24. The number of amides is 1. The molecule has 4 rings (SSSR count). The molecule has 4 aromatic rings. The first-order valence-corrected chi connectivity index (χ1v) is 9.27. The second kappa shape index (κ2) is 10.5. The molecular weight excluding hydrogens is 364 g/mol. The summed E-state index contributed by atoms with van der Waals surface area (Å²) in [6, 6.07) is 16.3. The first-order valence-electron chi connectivity index (χ1n) is 9.27. The molecule has 3 N–H and O–H groups in total. The van der Waals surface area contributed by atoms with Crippen LogP contribution in [0.1, 0.15) is 12.0 Å². The molecule has 0 saturated carbocycles. The van der Waals surface area contributed by atoms with Crippen LogP contribution in [-0.2, 0) is 11.2 Å². The Balaban J connectivity index is 0.000000755. The maximum Gasteiger partial charge on any atom is 0.204 e. The Hall–Kier alpha value is -3.87. The van der Waals surface area contributed by atoms with Gasteiger partial charge in [-0.25, -0.2) is 9.97 Å². The number of primary amides is 1. The van der Waals surface area contributed by atoms with Crippen LogP contribution < -0.4 is 11.1 Å². The van der Waals surface area contributed by atoms with Crippen molar-refractivity contribution in [2.24, 2.45) is 5.73 Å². The lowest BCUT2D eigenvalue weighted by atomic mass is 10.1. The SMILES string of the molecule is NC=O.c1ccc(CCCNc2nc(-c3ccncc3)nc3cnccc23)cc1. The van der Waals surface area contributed by atoms with E-state index in [1.807, 2.05) is 24.3 Å². The van der Waals surface area contributed by atoms with Crippen molar-refractivity contribution < 1.29 is 4.79 Å². The molecule has 0 saturated heterocycles. The topological polar surface area (TPSA) is 107 Å². The molecule has 0 aliphatic heterocycles. The van der Waals surface area contributed by atoms with Gasteiger partial charge in [0.05, 0.1) is 11.7 Å². The van der Waals surface area contributed by atoms with Crippen LogP contribution in [0.3, 0.4) is 0 Å². The van der Waals surface area contributed by atoms with Gasteiger partial charge in [-0.2, -0.15) is 0 Å². The van der Waals surface area contributed by atoms with Crippen molar-refractivity contribution >= 4 is 23.1 Å². The molecule has 7 nitrogen and oxygen atoms in total. The molecule has 0 fully saturated rings. The van der Waals surface area contributed by atoms with E-state index in [0.717, 1.165) is 41.7 Å². The van der Waals surface area contributed by atoms with E-state index < -0.39 is 0 Å². The highest BCUT2D eigenvalue weighted by molar-refractivity contribution is 5.89. The van der Waals surface area contributed by atoms with Gasteiger partial charge in [-0.05, 0) is 36.6 Å². The van der Waals surface area contributed by atoms with Crippen LogP contribution in [0.5, 0.6) is 0 Å². The minimum Gasteiger partial charge on any atom is -0.372 e. The molecule has 1 aromatic carbocycles. The lowest BCUT2D eigenvalue weighted by molar-refractivity contribution is -0.106. The maximum absolute atomic E-state index is 8.58. The zero-order valence-electron chi connectivity index (χ0n) is 15.9. The Morgan fingerprint density at radius 2 is 1.66 bits per heavy atom. The zero-order chi connectivity index (χ0) is 20.3. The van der Waals surface area contributed by atoms with Crippen LogP contribution in [0.25, 0.3) is 22.3 Å². The van der Waals surface area contributed by atoms with Gasteiger partial charge in [0, 0.05) is 36.1 Å². The highest BCUT2D eigenvalue weighted by atomic mass is 16.1. The number of aromatic nitrogens is 4. The van der Waals surface area contributed by atoms with E-state index in [0.29, 0.717) is 5.82 Å². The Kier molecular flexibility index (Phi) is 7.17. The van der Waals surface area contributed by atoms with E-state index in [4.69, 9.17) is 9.78 Å². The number of anilines is 1. The third-order valence-electron chi connectivity index (χ3n) is 4.22. The van der Waals surface area contributed by atoms with Crippen LogP contribution in [0.4, 0.5) is 5.82 Å². The Morgan fingerprint density at radius 3 is 2.41 bits per heavy atom. The number of carbonyl (C=O) groups is 1. The number of hydrogen-bond donors (Lipinski definition) is 2. The van der Waals surface area contributed by atoms with E-state index in [1.165, 1.54) is 5.56 Å². The van der Waals surface area contributed by atoms with Gasteiger partial charge in [0.15, 0.2) is 5.82 Å². The van der Waals surface area contributed by atoms with E-state index in [2.05, 4.69) is 50.3 Å². The van der Waals surface area contributed by atoms with Crippen LogP contribution in [0.2, 0.25) is 0 Å². The molecule has 7 heteroatoms. The van der Waals surface area contributed by atoms with Crippen molar-refractivity contribution in [2.75, 3.05) is 11.9 Å². The second-order valence-electron chi connectivity index (χ2n) is 6.18. The summed E-state index contributed by atoms with van der Waals surface area (Å²) in [5, 5.41) is 4.46. The largest absolute Gasteiger partial charge is 0.372 e. The van der Waals surface area contributed by atoms with Crippen molar-refractivity contribution in [3.8, 4) is 11.4 Å². The average molecular weight is 386 g/mol. The number of pyridine rings is 2. The van der Waals surface area contributed by atoms with E-state index in [9.17, 15) is 0 Å². The van der Waals surface area contributed by atoms with Crippen molar-refractivity contribution in [1.82, 2.24) is 19.9 Å². The van der Waals surface area contributed by atoms with Crippen molar-refractivity contribution in [3.05, 3.63) is 78.9 Å². The summed E-state index contributed by atoms with van der Waals surface area (Å²) in [5.74, 6) is 1.52. The first kappa shape index (κ1) is 19.9. The van der Waals surface area contributed by atoms with Crippen LogP contribution in [-0.4, -0.2) is 32.9 Å². The molecule has 1 amide bonds. The molecule has 0 unspecified atom stereocenters. The number of rotatable bonds is 6. The molecular formula is C22H22N6O. The van der Waals surface area contributed by atoms with Gasteiger partial charge in [0.1, 0.15) is 5.82 Å². The van der Waals surface area contributed by atoms with Gasteiger partial charge in [0.2, 0.25) is 6.41 Å². The summed E-state index contributed by atoms with van der Waals surface area (Å²) >= 11 is 0. The Bertz CT molecular complexity index is 1040. The summed E-state index contributed by atoms with van der Waals surface area (Å²) in [4.78, 5) is 26.2. The van der Waals surface area contributed by atoms with Crippen LogP contribution >= 0.6 is 0 Å². The van der Waals surface area contributed by atoms with Gasteiger partial charge < -0.3 is 11.1 Å². The third-order valence-corrected chi connectivity index (χ3v) is 4.22. The predicted molar refractivity (Wildman–Crippen MR) is 114 cm³/mol. The first-order chi connectivity index (χ1) is 14.3. The summed E-state index contributed by atoms with van der Waals surface area (Å²) in [6.45, 7) is 0.846. The second-order valence-corrected chi connectivity index (χ2v) is 6.18. The molecule has 0 aliphatic carbocycles. The Morgan fingerprint density at radius 1 is 0.931 bits per heavy atom. The molecule has 3 aromatic heterocycles. The lowest BCUT2D eigenvalue weighted by Gasteiger charge is -2.11. The summed E-state index contributed by atoms with van der Waals surface area (Å²) in [6.07, 6.45) is 9.36. The van der Waals surface area contributed by atoms with Gasteiger partial charge in [-0.3, -0.25) is 14.8 Å². The molecule has 0 radical (unpaired) electrons. The van der Waals surface area contributed by atoms with Gasteiger partial charge >= 0.3 is 0 Å². The van der Waals surface area contributed by atoms with Crippen LogP contribution in [0.15, 0.2) is 73.3 Å². The fourth-order valence-corrected chi connectivity index (χ4v) is 2.89. The van der Waals surface area contributed by atoms with E-state index in [1.54, 1.807) is 24.8 Å². The number of benzene rings is 1. The predicted octanol–water partition coefficient (Wildman–Crippen LogP) is 3.23. The molecule has 0 bridgehead atoms. The maximum atomic E-state index is 8.58. The fraction of sp³-hybridized carbons (Fsp3) is 0.136. The van der Waals surface area contributed by atoms with Gasteiger partial charge in [-0.15, -0.1) is 0 Å². The van der Waals surface area contributed by atoms with Gasteiger partial charge in [-0.1, -0.05) is 30.3 Å². The van der Waals surface area contributed by atoms with Crippen molar-refractivity contribution in [3.63, 3.8) is 0 Å². The quantitative estimate of drug-likeness (QED) is 0.389. The summed E-state index contributed by atoms with van der Waals surface area (Å²) in [5.41, 5.74) is 7.29. The Labute approximate surface area is 169 Å². The minimum absolute atomic E-state index is 0.250. The fourth-order valence-electron chi connectivity index (χ4n) is 2.89. The number of carbonyl (C=O) groups excluding carboxylic acids is 1.